The van der Waals surface area contributed by atoms with Crippen molar-refractivity contribution in [3.8, 4) is 11.8 Å². The van der Waals surface area contributed by atoms with Gasteiger partial charge in [-0.2, -0.15) is 5.26 Å². The van der Waals surface area contributed by atoms with Gasteiger partial charge in [0.2, 0.25) is 5.91 Å². The molecule has 0 fully saturated rings. The molecule has 0 bridgehead atoms. The van der Waals surface area contributed by atoms with E-state index >= 15 is 0 Å². The zero-order valence-electron chi connectivity index (χ0n) is 16.3. The molecule has 1 amide bonds. The van der Waals surface area contributed by atoms with Crippen LogP contribution in [0.4, 0.5) is 0 Å². The molecule has 0 saturated heterocycles. The minimum Gasteiger partial charge on any atom is -0.489 e. The Balaban J connectivity index is 0.00000113. The topological polar surface area (TPSA) is 62.1 Å². The molecule has 2 rings (SSSR count). The maximum absolute atomic E-state index is 11.2. The summed E-state index contributed by atoms with van der Waals surface area (Å²) < 4.78 is 5.68. The van der Waals surface area contributed by atoms with E-state index in [0.29, 0.717) is 13.2 Å². The van der Waals surface area contributed by atoms with Crippen molar-refractivity contribution in [1.82, 2.24) is 5.32 Å². The predicted molar refractivity (Wildman–Crippen MR) is 107 cm³/mol. The summed E-state index contributed by atoms with van der Waals surface area (Å²) in [6.45, 7) is 9.19. The average Bonchev–Trinajstić information content (AvgIpc) is 2.69. The van der Waals surface area contributed by atoms with Gasteiger partial charge in [0, 0.05) is 6.54 Å². The number of amides is 1. The lowest BCUT2D eigenvalue weighted by molar-refractivity contribution is -0.120. The van der Waals surface area contributed by atoms with E-state index in [4.69, 9.17) is 10.00 Å². The van der Waals surface area contributed by atoms with E-state index in [1.165, 1.54) is 6.42 Å². The Bertz CT molecular complexity index is 631. The lowest BCUT2D eigenvalue weighted by Crippen LogP contribution is -2.21. The van der Waals surface area contributed by atoms with Crippen molar-refractivity contribution in [1.29, 1.82) is 5.26 Å². The number of rotatable bonds is 6. The quantitative estimate of drug-likeness (QED) is 0.772. The van der Waals surface area contributed by atoms with E-state index < -0.39 is 0 Å². The van der Waals surface area contributed by atoms with Crippen molar-refractivity contribution in [2.24, 2.45) is 0 Å². The van der Waals surface area contributed by atoms with Crippen LogP contribution in [0.15, 0.2) is 54.6 Å². The molecule has 0 aliphatic carbocycles. The maximum Gasteiger partial charge on any atom is 0.234 e. The van der Waals surface area contributed by atoms with Gasteiger partial charge in [-0.1, -0.05) is 76.6 Å². The lowest BCUT2D eigenvalue weighted by atomic mass is 10.2. The largest absolute Gasteiger partial charge is 0.489 e. The molecule has 0 saturated carbocycles. The third-order valence-corrected chi connectivity index (χ3v) is 2.90. The zero-order chi connectivity index (χ0) is 19.6. The first kappa shape index (κ1) is 23.2. The monoisotopic (exact) mass is 354 g/mol. The van der Waals surface area contributed by atoms with E-state index in [2.05, 4.69) is 19.2 Å². The fraction of sp³-hybridized carbons (Fsp3) is 0.364. The second-order valence-electron chi connectivity index (χ2n) is 5.24. The molecule has 140 valence electrons. The maximum atomic E-state index is 11.2. The van der Waals surface area contributed by atoms with Crippen molar-refractivity contribution < 1.29 is 9.53 Å². The highest BCUT2D eigenvalue weighted by atomic mass is 16.5. The summed E-state index contributed by atoms with van der Waals surface area (Å²) in [5.41, 5.74) is 2.08. The molecular formula is C22H30N2O2. The molecule has 0 atom stereocenters. The molecule has 2 aromatic carbocycles. The summed E-state index contributed by atoms with van der Waals surface area (Å²) in [7, 11) is 0. The van der Waals surface area contributed by atoms with Crippen molar-refractivity contribution in [3.63, 3.8) is 0 Å². The van der Waals surface area contributed by atoms with Crippen LogP contribution in [0.3, 0.4) is 0 Å². The molecule has 1 N–H and O–H groups in total. The Hall–Kier alpha value is -2.80. The van der Waals surface area contributed by atoms with Gasteiger partial charge in [0.1, 0.15) is 18.8 Å². The van der Waals surface area contributed by atoms with E-state index in [0.717, 1.165) is 16.9 Å². The highest BCUT2D eigenvalue weighted by molar-refractivity contribution is 5.77. The Kier molecular flexibility index (Phi) is 14.0. The van der Waals surface area contributed by atoms with E-state index in [-0.39, 0.29) is 12.3 Å². The molecule has 4 heteroatoms. The molecule has 0 radical (unpaired) electrons. The number of benzene rings is 2. The molecule has 4 nitrogen and oxygen atoms in total. The van der Waals surface area contributed by atoms with Gasteiger partial charge in [0.05, 0.1) is 6.07 Å². The Morgan fingerprint density at radius 2 is 1.58 bits per heavy atom. The van der Waals surface area contributed by atoms with Crippen LogP contribution in [-0.4, -0.2) is 5.91 Å². The smallest absolute Gasteiger partial charge is 0.234 e. The highest BCUT2D eigenvalue weighted by Crippen LogP contribution is 2.14. The molecule has 2 aromatic rings. The fourth-order valence-corrected chi connectivity index (χ4v) is 1.78. The normalized spacial score (nSPS) is 8.73. The Morgan fingerprint density at radius 3 is 2.12 bits per heavy atom. The Labute approximate surface area is 157 Å². The molecule has 0 aromatic heterocycles. The van der Waals surface area contributed by atoms with Gasteiger partial charge in [-0.05, 0) is 23.3 Å². The van der Waals surface area contributed by atoms with Crippen molar-refractivity contribution in [2.75, 3.05) is 0 Å². The molecule has 0 spiro atoms. The van der Waals surface area contributed by atoms with Crippen molar-refractivity contribution in [3.05, 3.63) is 65.7 Å². The molecular weight excluding hydrogens is 324 g/mol. The molecule has 0 aliphatic heterocycles. The summed E-state index contributed by atoms with van der Waals surface area (Å²) in [6.07, 6.45) is 1.14. The summed E-state index contributed by atoms with van der Waals surface area (Å²) in [4.78, 5) is 11.2. The Morgan fingerprint density at radius 1 is 1.00 bits per heavy atom. The second kappa shape index (κ2) is 15.7. The van der Waals surface area contributed by atoms with Gasteiger partial charge in [-0.25, -0.2) is 0 Å². The minimum absolute atomic E-state index is 0.113. The van der Waals surface area contributed by atoms with Crippen LogP contribution in [0.2, 0.25) is 0 Å². The molecule has 0 unspecified atom stereocenters. The summed E-state index contributed by atoms with van der Waals surface area (Å²) >= 11 is 0. The standard InChI is InChI=1S/C17H16N2O2.C3H8.C2H6/c18-11-10-17(20)19-12-14-6-8-16(9-7-14)21-13-15-4-2-1-3-5-15;1-3-2;1-2/h1-9H,10,12-13H2,(H,19,20);3H2,1-2H3;1-2H3. The van der Waals surface area contributed by atoms with Gasteiger partial charge in [-0.3, -0.25) is 4.79 Å². The second-order valence-corrected chi connectivity index (χ2v) is 5.24. The summed E-state index contributed by atoms with van der Waals surface area (Å²) in [5, 5.41) is 11.1. The van der Waals surface area contributed by atoms with Crippen LogP contribution in [0.25, 0.3) is 0 Å². The SMILES string of the molecule is CC.CCC.N#CCC(=O)NCc1ccc(OCc2ccccc2)cc1. The van der Waals surface area contributed by atoms with Gasteiger partial charge < -0.3 is 10.1 Å². The van der Waals surface area contributed by atoms with Gasteiger partial charge in [0.15, 0.2) is 0 Å². The molecule has 0 aliphatic rings. The van der Waals surface area contributed by atoms with E-state index in [1.54, 1.807) is 0 Å². The van der Waals surface area contributed by atoms with Crippen molar-refractivity contribution in [2.45, 2.75) is 53.7 Å². The third kappa shape index (κ3) is 10.9. The van der Waals surface area contributed by atoms with Crippen LogP contribution in [0.5, 0.6) is 5.75 Å². The lowest BCUT2D eigenvalue weighted by Gasteiger charge is -2.08. The number of nitrogens with zero attached hydrogens (tertiary/aromatic N) is 1. The number of nitrogens with one attached hydrogen (secondary N) is 1. The highest BCUT2D eigenvalue weighted by Gasteiger charge is 2.00. The first-order valence-corrected chi connectivity index (χ1v) is 9.08. The number of hydrogen-bond donors (Lipinski definition) is 1. The minimum atomic E-state index is -0.262. The summed E-state index contributed by atoms with van der Waals surface area (Å²) in [5.74, 6) is 0.521. The van der Waals surface area contributed by atoms with Crippen LogP contribution in [0, 0.1) is 11.3 Å². The zero-order valence-corrected chi connectivity index (χ0v) is 16.3. The number of carbonyl (C=O) groups is 1. The van der Waals surface area contributed by atoms with Crippen molar-refractivity contribution >= 4 is 5.91 Å². The molecule has 26 heavy (non-hydrogen) atoms. The average molecular weight is 354 g/mol. The van der Waals surface area contributed by atoms with Gasteiger partial charge >= 0.3 is 0 Å². The van der Waals surface area contributed by atoms with Crippen LogP contribution in [0.1, 0.15) is 51.7 Å². The van der Waals surface area contributed by atoms with Gasteiger partial charge in [-0.15, -0.1) is 0 Å². The first-order valence-electron chi connectivity index (χ1n) is 9.08. The van der Waals surface area contributed by atoms with E-state index in [1.807, 2.05) is 74.5 Å². The van der Waals surface area contributed by atoms with Crippen LogP contribution in [-0.2, 0) is 17.9 Å². The first-order chi connectivity index (χ1) is 12.7. The number of carbonyl (C=O) groups excluding carboxylic acids is 1. The van der Waals surface area contributed by atoms with Crippen LogP contribution < -0.4 is 10.1 Å². The summed E-state index contributed by atoms with van der Waals surface area (Å²) in [6, 6.07) is 19.3. The third-order valence-electron chi connectivity index (χ3n) is 2.90. The predicted octanol–water partition coefficient (Wildman–Crippen LogP) is 5.24. The fourth-order valence-electron chi connectivity index (χ4n) is 1.78. The molecule has 0 heterocycles. The van der Waals surface area contributed by atoms with E-state index in [9.17, 15) is 4.79 Å². The van der Waals surface area contributed by atoms with Crippen LogP contribution >= 0.6 is 0 Å². The number of nitriles is 1. The van der Waals surface area contributed by atoms with Gasteiger partial charge in [0.25, 0.3) is 0 Å². The number of ether oxygens (including phenoxy) is 1. The number of hydrogen-bond acceptors (Lipinski definition) is 3.